The van der Waals surface area contributed by atoms with Crippen LogP contribution in [0.1, 0.15) is 39.5 Å². The average Bonchev–Trinajstić information content (AvgIpc) is 2.82. The minimum atomic E-state index is 0.183. The smallest absolute Gasteiger partial charge is 0.0369 e. The average molecular weight is 284 g/mol. The standard InChI is InChI=1S/C19H28N2/c1-4-12-17(20)13-10-8-6-7-9-11-14-18-15-16(3)19(5-2)21-18/h5-6,8-11,13-14,17,21H,3-4,7,12,15,20H2,1-2H3/b8-6+,11-9-,13-10-,18-14+,19-5+. The SMILES string of the molecule is C=C1C/C(=C\C=C/C/C=C/C=C\C(N)CCC)N/C1=C/C. The third-order valence-electron chi connectivity index (χ3n) is 3.30. The Labute approximate surface area is 129 Å². The van der Waals surface area contributed by atoms with Gasteiger partial charge in [-0.15, -0.1) is 0 Å². The molecule has 2 nitrogen and oxygen atoms in total. The van der Waals surface area contributed by atoms with Crippen molar-refractivity contribution in [2.45, 2.75) is 45.6 Å². The Balaban J connectivity index is 2.28. The van der Waals surface area contributed by atoms with Gasteiger partial charge in [0.05, 0.1) is 0 Å². The molecule has 114 valence electrons. The van der Waals surface area contributed by atoms with Gasteiger partial charge in [0.1, 0.15) is 0 Å². The summed E-state index contributed by atoms with van der Waals surface area (Å²) in [6.45, 7) is 8.21. The first-order valence-corrected chi connectivity index (χ1v) is 7.73. The van der Waals surface area contributed by atoms with Gasteiger partial charge in [-0.1, -0.05) is 62.5 Å². The van der Waals surface area contributed by atoms with Crippen molar-refractivity contribution in [1.82, 2.24) is 5.32 Å². The molecule has 0 aromatic heterocycles. The molecule has 0 aliphatic carbocycles. The van der Waals surface area contributed by atoms with Crippen molar-refractivity contribution >= 4 is 0 Å². The Kier molecular flexibility index (Phi) is 8.22. The Bertz CT molecular complexity index is 476. The van der Waals surface area contributed by atoms with Gasteiger partial charge in [-0.2, -0.15) is 0 Å². The van der Waals surface area contributed by atoms with Crippen LogP contribution in [-0.2, 0) is 0 Å². The van der Waals surface area contributed by atoms with Gasteiger partial charge >= 0.3 is 0 Å². The van der Waals surface area contributed by atoms with Crippen molar-refractivity contribution in [3.8, 4) is 0 Å². The number of rotatable bonds is 7. The molecule has 1 aliphatic rings. The molecule has 0 radical (unpaired) electrons. The fraction of sp³-hybridized carbons (Fsp3) is 0.368. The minimum Gasteiger partial charge on any atom is -0.359 e. The fourth-order valence-electron chi connectivity index (χ4n) is 2.14. The van der Waals surface area contributed by atoms with Crippen molar-refractivity contribution in [1.29, 1.82) is 0 Å². The van der Waals surface area contributed by atoms with Crippen LogP contribution in [0.4, 0.5) is 0 Å². The molecule has 1 unspecified atom stereocenters. The minimum absolute atomic E-state index is 0.183. The molecule has 1 heterocycles. The molecule has 3 N–H and O–H groups in total. The second-order valence-electron chi connectivity index (χ2n) is 5.23. The van der Waals surface area contributed by atoms with Crippen LogP contribution < -0.4 is 11.1 Å². The van der Waals surface area contributed by atoms with E-state index in [1.807, 2.05) is 13.0 Å². The first-order chi connectivity index (χ1) is 10.2. The van der Waals surface area contributed by atoms with Crippen molar-refractivity contribution in [3.63, 3.8) is 0 Å². The zero-order valence-corrected chi connectivity index (χ0v) is 13.3. The summed E-state index contributed by atoms with van der Waals surface area (Å²) in [5.41, 5.74) is 9.40. The van der Waals surface area contributed by atoms with Crippen LogP contribution in [0.2, 0.25) is 0 Å². The maximum absolute atomic E-state index is 5.89. The van der Waals surface area contributed by atoms with Crippen molar-refractivity contribution in [3.05, 3.63) is 72.2 Å². The second kappa shape index (κ2) is 10.0. The van der Waals surface area contributed by atoms with E-state index in [2.05, 4.69) is 61.4 Å². The molecule has 0 spiro atoms. The highest BCUT2D eigenvalue weighted by Crippen LogP contribution is 2.23. The molecule has 21 heavy (non-hydrogen) atoms. The lowest BCUT2D eigenvalue weighted by Crippen LogP contribution is -2.15. The zero-order chi connectivity index (χ0) is 15.5. The van der Waals surface area contributed by atoms with Crippen LogP contribution in [0.15, 0.2) is 72.2 Å². The van der Waals surface area contributed by atoms with Crippen molar-refractivity contribution < 1.29 is 0 Å². The summed E-state index contributed by atoms with van der Waals surface area (Å²) in [7, 11) is 0. The summed E-state index contributed by atoms with van der Waals surface area (Å²) in [6, 6.07) is 0.183. The third-order valence-corrected chi connectivity index (χ3v) is 3.30. The van der Waals surface area contributed by atoms with Gasteiger partial charge in [-0.25, -0.2) is 0 Å². The maximum Gasteiger partial charge on any atom is 0.0369 e. The Morgan fingerprint density at radius 1 is 1.29 bits per heavy atom. The van der Waals surface area contributed by atoms with Crippen LogP contribution in [0.3, 0.4) is 0 Å². The van der Waals surface area contributed by atoms with Crippen LogP contribution in [0, 0.1) is 0 Å². The van der Waals surface area contributed by atoms with Gasteiger partial charge in [0, 0.05) is 23.9 Å². The first-order valence-electron chi connectivity index (χ1n) is 7.73. The summed E-state index contributed by atoms with van der Waals surface area (Å²) in [4.78, 5) is 0. The van der Waals surface area contributed by atoms with Crippen LogP contribution >= 0.6 is 0 Å². The molecular weight excluding hydrogens is 256 g/mol. The maximum atomic E-state index is 5.89. The van der Waals surface area contributed by atoms with Crippen LogP contribution in [0.5, 0.6) is 0 Å². The topological polar surface area (TPSA) is 38.0 Å². The fourth-order valence-corrected chi connectivity index (χ4v) is 2.14. The molecule has 0 bridgehead atoms. The van der Waals surface area contributed by atoms with Crippen LogP contribution in [-0.4, -0.2) is 6.04 Å². The molecule has 0 aromatic rings. The summed E-state index contributed by atoms with van der Waals surface area (Å²) in [5.74, 6) is 0. The van der Waals surface area contributed by atoms with E-state index in [9.17, 15) is 0 Å². The van der Waals surface area contributed by atoms with E-state index in [0.717, 1.165) is 37.0 Å². The normalized spacial score (nSPS) is 21.4. The van der Waals surface area contributed by atoms with Crippen molar-refractivity contribution in [2.24, 2.45) is 5.73 Å². The van der Waals surface area contributed by atoms with E-state index < -0.39 is 0 Å². The van der Waals surface area contributed by atoms with Gasteiger partial charge in [0.2, 0.25) is 0 Å². The zero-order valence-electron chi connectivity index (χ0n) is 13.3. The largest absolute Gasteiger partial charge is 0.359 e. The molecule has 1 saturated heterocycles. The number of hydrogen-bond acceptors (Lipinski definition) is 2. The molecule has 0 aromatic carbocycles. The third kappa shape index (κ3) is 6.96. The molecule has 1 atom stereocenters. The summed E-state index contributed by atoms with van der Waals surface area (Å²) < 4.78 is 0. The van der Waals surface area contributed by atoms with Gasteiger partial charge in [-0.3, -0.25) is 0 Å². The van der Waals surface area contributed by atoms with Gasteiger partial charge < -0.3 is 11.1 Å². The first kappa shape index (κ1) is 17.3. The molecule has 0 amide bonds. The Hall–Kier alpha value is -1.80. The Morgan fingerprint density at radius 2 is 2.05 bits per heavy atom. The highest BCUT2D eigenvalue weighted by Gasteiger charge is 2.13. The number of allylic oxidation sites excluding steroid dienone is 9. The summed E-state index contributed by atoms with van der Waals surface area (Å²) in [5, 5.41) is 3.35. The van der Waals surface area contributed by atoms with E-state index in [0.29, 0.717) is 0 Å². The van der Waals surface area contributed by atoms with Crippen molar-refractivity contribution in [2.75, 3.05) is 0 Å². The van der Waals surface area contributed by atoms with E-state index in [4.69, 9.17) is 5.73 Å². The lowest BCUT2D eigenvalue weighted by Gasteiger charge is -2.00. The van der Waals surface area contributed by atoms with Gasteiger partial charge in [0.25, 0.3) is 0 Å². The lowest BCUT2D eigenvalue weighted by molar-refractivity contribution is 0.704. The molecule has 1 aliphatic heterocycles. The predicted octanol–water partition coefficient (Wildman–Crippen LogP) is 4.51. The molecular formula is C19H28N2. The number of nitrogens with one attached hydrogen (secondary N) is 1. The Morgan fingerprint density at radius 3 is 2.71 bits per heavy atom. The second-order valence-corrected chi connectivity index (χ2v) is 5.23. The van der Waals surface area contributed by atoms with E-state index >= 15 is 0 Å². The van der Waals surface area contributed by atoms with E-state index in [1.54, 1.807) is 0 Å². The summed E-state index contributed by atoms with van der Waals surface area (Å²) in [6.07, 6.45) is 20.7. The lowest BCUT2D eigenvalue weighted by atomic mass is 10.1. The van der Waals surface area contributed by atoms with Crippen LogP contribution in [0.25, 0.3) is 0 Å². The quantitative estimate of drug-likeness (QED) is 0.675. The summed E-state index contributed by atoms with van der Waals surface area (Å²) >= 11 is 0. The number of nitrogens with two attached hydrogens (primary N) is 1. The molecule has 1 rings (SSSR count). The predicted molar refractivity (Wildman–Crippen MR) is 93.7 cm³/mol. The van der Waals surface area contributed by atoms with E-state index in [1.165, 1.54) is 5.70 Å². The van der Waals surface area contributed by atoms with Gasteiger partial charge in [0.15, 0.2) is 0 Å². The highest BCUT2D eigenvalue weighted by atomic mass is 14.9. The highest BCUT2D eigenvalue weighted by molar-refractivity contribution is 5.40. The molecule has 0 saturated carbocycles. The number of hydrogen-bond donors (Lipinski definition) is 2. The van der Waals surface area contributed by atoms with Gasteiger partial charge in [-0.05, 0) is 31.4 Å². The van der Waals surface area contributed by atoms with E-state index in [-0.39, 0.29) is 6.04 Å². The molecule has 2 heteroatoms. The monoisotopic (exact) mass is 284 g/mol. The molecule has 1 fully saturated rings.